The molecule has 1 saturated heterocycles. The van der Waals surface area contributed by atoms with Crippen LogP contribution in [0.2, 0.25) is 0 Å². The van der Waals surface area contributed by atoms with E-state index in [9.17, 15) is 13.2 Å². The number of hydrogen-bond donors (Lipinski definition) is 2. The van der Waals surface area contributed by atoms with Crippen molar-refractivity contribution < 1.29 is 13.2 Å². The fourth-order valence-electron chi connectivity index (χ4n) is 7.79. The molecule has 3 aromatic rings. The third kappa shape index (κ3) is 4.36. The van der Waals surface area contributed by atoms with Gasteiger partial charge in [-0.2, -0.15) is 4.31 Å². The lowest BCUT2D eigenvalue weighted by Gasteiger charge is -2.43. The largest absolute Gasteiger partial charge is 0.378 e. The van der Waals surface area contributed by atoms with E-state index >= 15 is 0 Å². The number of nitrogens with one attached hydrogen (secondary N) is 2. The minimum atomic E-state index is -3.49. The lowest BCUT2D eigenvalue weighted by Crippen LogP contribution is -2.35. The Kier molecular flexibility index (Phi) is 6.24. The maximum Gasteiger partial charge on any atom is 0.255 e. The van der Waals surface area contributed by atoms with Crippen molar-refractivity contribution in [3.8, 4) is 0 Å². The van der Waals surface area contributed by atoms with E-state index in [0.29, 0.717) is 48.1 Å². The van der Waals surface area contributed by atoms with E-state index in [1.807, 2.05) is 6.07 Å². The second kappa shape index (κ2) is 9.79. The first kappa shape index (κ1) is 24.9. The van der Waals surface area contributed by atoms with Gasteiger partial charge in [-0.15, -0.1) is 0 Å². The summed E-state index contributed by atoms with van der Waals surface area (Å²) in [6, 6.07) is 23.7. The number of benzene rings is 3. The Bertz CT molecular complexity index is 1480. The van der Waals surface area contributed by atoms with Crippen LogP contribution in [0.4, 0.5) is 11.4 Å². The summed E-state index contributed by atoms with van der Waals surface area (Å²) < 4.78 is 27.5. The van der Waals surface area contributed by atoms with E-state index in [1.165, 1.54) is 30.4 Å². The molecule has 0 spiro atoms. The predicted molar refractivity (Wildman–Crippen MR) is 153 cm³/mol. The highest BCUT2D eigenvalue weighted by molar-refractivity contribution is 7.89. The van der Waals surface area contributed by atoms with Crippen LogP contribution in [-0.4, -0.2) is 31.7 Å². The predicted octanol–water partition coefficient (Wildman–Crippen LogP) is 6.41. The van der Waals surface area contributed by atoms with Crippen molar-refractivity contribution >= 4 is 27.3 Å². The summed E-state index contributed by atoms with van der Waals surface area (Å²) in [6.07, 6.45) is 6.74. The van der Waals surface area contributed by atoms with Crippen LogP contribution in [0.25, 0.3) is 0 Å². The van der Waals surface area contributed by atoms with E-state index in [2.05, 4.69) is 53.1 Å². The highest BCUT2D eigenvalue weighted by Gasteiger charge is 2.53. The van der Waals surface area contributed by atoms with Gasteiger partial charge in [-0.05, 0) is 109 Å². The van der Waals surface area contributed by atoms with Crippen LogP contribution in [-0.2, 0) is 10.0 Å². The Morgan fingerprint density at radius 1 is 0.872 bits per heavy atom. The molecule has 39 heavy (non-hydrogen) atoms. The zero-order chi connectivity index (χ0) is 26.6. The number of hydrogen-bond acceptors (Lipinski definition) is 4. The van der Waals surface area contributed by atoms with Gasteiger partial charge in [0.2, 0.25) is 10.0 Å². The molecule has 2 saturated carbocycles. The number of fused-ring (bicyclic) bond motifs is 7. The van der Waals surface area contributed by atoms with Crippen LogP contribution in [0.3, 0.4) is 0 Å². The lowest BCUT2D eigenvalue weighted by molar-refractivity contribution is 0.102. The molecule has 0 radical (unpaired) electrons. The van der Waals surface area contributed by atoms with Crippen molar-refractivity contribution in [2.45, 2.75) is 55.4 Å². The summed E-state index contributed by atoms with van der Waals surface area (Å²) in [5, 5.41) is 6.82. The molecule has 2 aliphatic heterocycles. The monoisotopic (exact) mass is 541 g/mol. The molecule has 1 amide bonds. The zero-order valence-electron chi connectivity index (χ0n) is 22.1. The molecule has 2 bridgehead atoms. The average Bonchev–Trinajstić information content (AvgIpc) is 3.61. The van der Waals surface area contributed by atoms with Crippen LogP contribution < -0.4 is 10.6 Å². The standard InChI is InChI=1S/C32H35N3O3S/c36-32(33-25-12-14-26(15-13-25)39(37,38)35-17-5-2-6-18-35)24-11-16-28-27(20-24)29-22-9-10-23(19-22)30(29)31(34-28)21-7-3-1-4-8-21/h1,3-4,7-8,11-16,20,22-23,29-31,34H,2,5-6,9-10,17-19H2,(H,33,36)/t22-,23-,29-,30-,31-/m0/s1. The molecule has 7 heteroatoms. The average molecular weight is 542 g/mol. The van der Waals surface area contributed by atoms with Gasteiger partial charge in [0.25, 0.3) is 5.91 Å². The van der Waals surface area contributed by atoms with E-state index in [4.69, 9.17) is 0 Å². The summed E-state index contributed by atoms with van der Waals surface area (Å²) in [6.45, 7) is 1.15. The van der Waals surface area contributed by atoms with E-state index in [1.54, 1.807) is 28.6 Å². The summed E-state index contributed by atoms with van der Waals surface area (Å²) in [5.74, 6) is 2.25. The van der Waals surface area contributed by atoms with Crippen molar-refractivity contribution in [1.82, 2.24) is 4.31 Å². The molecule has 2 heterocycles. The van der Waals surface area contributed by atoms with E-state index in [-0.39, 0.29) is 10.8 Å². The molecule has 2 aliphatic carbocycles. The Morgan fingerprint density at radius 3 is 2.38 bits per heavy atom. The second-order valence-electron chi connectivity index (χ2n) is 11.7. The Labute approximate surface area is 230 Å². The van der Waals surface area contributed by atoms with Gasteiger partial charge in [-0.3, -0.25) is 4.79 Å². The molecule has 0 aromatic heterocycles. The molecular weight excluding hydrogens is 506 g/mol. The van der Waals surface area contributed by atoms with Crippen molar-refractivity contribution in [2.24, 2.45) is 17.8 Å². The molecule has 3 fully saturated rings. The number of carbonyl (C=O) groups is 1. The van der Waals surface area contributed by atoms with Crippen molar-refractivity contribution in [1.29, 1.82) is 0 Å². The SMILES string of the molecule is O=C(Nc1ccc(S(=O)(=O)N2CCCCC2)cc1)c1ccc2c(c1)[C@@H]1[C@H]3CC[C@@H](C3)[C@@H]1[C@H](c1ccccc1)N2. The highest BCUT2D eigenvalue weighted by atomic mass is 32.2. The molecule has 3 aromatic carbocycles. The third-order valence-corrected chi connectivity index (χ3v) is 11.5. The van der Waals surface area contributed by atoms with Crippen molar-refractivity contribution in [2.75, 3.05) is 23.7 Å². The van der Waals surface area contributed by atoms with Gasteiger partial charge in [0.1, 0.15) is 0 Å². The molecule has 6 nitrogen and oxygen atoms in total. The maximum atomic E-state index is 13.3. The highest BCUT2D eigenvalue weighted by Crippen LogP contribution is 2.63. The van der Waals surface area contributed by atoms with E-state index < -0.39 is 10.0 Å². The zero-order valence-corrected chi connectivity index (χ0v) is 22.9. The number of piperidine rings is 1. The molecule has 7 rings (SSSR count). The first-order valence-corrected chi connectivity index (χ1v) is 15.8. The number of sulfonamides is 1. The van der Waals surface area contributed by atoms with Crippen LogP contribution in [0.15, 0.2) is 77.7 Å². The summed E-state index contributed by atoms with van der Waals surface area (Å²) in [4.78, 5) is 13.6. The van der Waals surface area contributed by atoms with Gasteiger partial charge in [0.05, 0.1) is 10.9 Å². The Hall–Kier alpha value is -3.16. The lowest BCUT2D eigenvalue weighted by atomic mass is 9.68. The van der Waals surface area contributed by atoms with Gasteiger partial charge in [0.15, 0.2) is 0 Å². The molecular formula is C32H35N3O3S. The number of carbonyl (C=O) groups excluding carboxylic acids is 1. The minimum absolute atomic E-state index is 0.172. The van der Waals surface area contributed by atoms with Crippen molar-refractivity contribution in [3.63, 3.8) is 0 Å². The van der Waals surface area contributed by atoms with Gasteiger partial charge in [-0.1, -0.05) is 36.8 Å². The Balaban J connectivity index is 1.12. The van der Waals surface area contributed by atoms with Crippen LogP contribution in [0.1, 0.15) is 72.0 Å². The van der Waals surface area contributed by atoms with Gasteiger partial charge in [0, 0.05) is 30.0 Å². The van der Waals surface area contributed by atoms with Crippen molar-refractivity contribution in [3.05, 3.63) is 89.5 Å². The third-order valence-electron chi connectivity index (χ3n) is 9.57. The fourth-order valence-corrected chi connectivity index (χ4v) is 9.30. The molecule has 2 N–H and O–H groups in total. The normalized spacial score (nSPS) is 27.8. The summed E-state index contributed by atoms with van der Waals surface area (Å²) in [5.41, 5.74) is 4.99. The maximum absolute atomic E-state index is 13.3. The summed E-state index contributed by atoms with van der Waals surface area (Å²) in [7, 11) is -3.49. The minimum Gasteiger partial charge on any atom is -0.378 e. The van der Waals surface area contributed by atoms with Crippen LogP contribution in [0, 0.1) is 17.8 Å². The number of anilines is 2. The first-order chi connectivity index (χ1) is 19.0. The second-order valence-corrected chi connectivity index (χ2v) is 13.7. The smallest absolute Gasteiger partial charge is 0.255 e. The number of amides is 1. The first-order valence-electron chi connectivity index (χ1n) is 14.4. The van der Waals surface area contributed by atoms with Gasteiger partial charge in [-0.25, -0.2) is 8.42 Å². The van der Waals surface area contributed by atoms with Gasteiger partial charge >= 0.3 is 0 Å². The molecule has 5 atom stereocenters. The number of nitrogens with zero attached hydrogens (tertiary/aromatic N) is 1. The van der Waals surface area contributed by atoms with Crippen LogP contribution in [0.5, 0.6) is 0 Å². The van der Waals surface area contributed by atoms with E-state index in [0.717, 1.165) is 30.9 Å². The molecule has 4 aliphatic rings. The van der Waals surface area contributed by atoms with Crippen LogP contribution >= 0.6 is 0 Å². The van der Waals surface area contributed by atoms with Gasteiger partial charge < -0.3 is 10.6 Å². The molecule has 202 valence electrons. The quantitative estimate of drug-likeness (QED) is 0.391. The molecule has 0 unspecified atom stereocenters. The Morgan fingerprint density at radius 2 is 1.62 bits per heavy atom. The topological polar surface area (TPSA) is 78.5 Å². The fraction of sp³-hybridized carbons (Fsp3) is 0.406. The number of rotatable bonds is 5. The summed E-state index contributed by atoms with van der Waals surface area (Å²) >= 11 is 0.